The molecule has 20 heavy (non-hydrogen) atoms. The van der Waals surface area contributed by atoms with Crippen LogP contribution in [0.5, 0.6) is 0 Å². The molecule has 104 valence electrons. The van der Waals surface area contributed by atoms with Crippen LogP contribution in [0.25, 0.3) is 10.9 Å². The number of carbonyl (C=O) groups excluding carboxylic acids is 1. The number of amidine groups is 1. The molecular formula is C15H17N3O2. The zero-order valence-electron chi connectivity index (χ0n) is 11.7. The number of benzene rings is 1. The second kappa shape index (κ2) is 4.37. The molecular weight excluding hydrogens is 254 g/mol. The largest absolute Gasteiger partial charge is 0.451 e. The molecule has 0 bridgehead atoms. The van der Waals surface area contributed by atoms with Crippen LogP contribution in [-0.2, 0) is 14.9 Å². The summed E-state index contributed by atoms with van der Waals surface area (Å²) in [7, 11) is 1.59. The van der Waals surface area contributed by atoms with Gasteiger partial charge in [-0.05, 0) is 11.6 Å². The number of hydrogen-bond donors (Lipinski definition) is 2. The fourth-order valence-electron chi connectivity index (χ4n) is 2.70. The molecule has 5 nitrogen and oxygen atoms in total. The molecule has 1 aromatic carbocycles. The van der Waals surface area contributed by atoms with E-state index in [0.717, 1.165) is 16.5 Å². The van der Waals surface area contributed by atoms with Gasteiger partial charge in [0.05, 0.1) is 0 Å². The third kappa shape index (κ3) is 1.78. The van der Waals surface area contributed by atoms with E-state index in [0.29, 0.717) is 0 Å². The number of ether oxygens (including phenoxy) is 1. The van der Waals surface area contributed by atoms with E-state index in [9.17, 15) is 4.79 Å². The first-order valence-corrected chi connectivity index (χ1v) is 6.55. The molecule has 3 rings (SSSR count). The van der Waals surface area contributed by atoms with Crippen LogP contribution in [-0.4, -0.2) is 30.1 Å². The second-order valence-corrected chi connectivity index (χ2v) is 5.49. The summed E-state index contributed by atoms with van der Waals surface area (Å²) in [6, 6.07) is 8.32. The van der Waals surface area contributed by atoms with E-state index in [1.807, 2.05) is 44.3 Å². The van der Waals surface area contributed by atoms with Crippen molar-refractivity contribution < 1.29 is 9.53 Å². The number of nitrogens with one attached hydrogen (secondary N) is 2. The molecule has 0 unspecified atom stereocenters. The summed E-state index contributed by atoms with van der Waals surface area (Å²) in [5.74, 6) is -0.152. The van der Waals surface area contributed by atoms with Crippen LogP contribution in [0.2, 0.25) is 0 Å². The molecule has 1 fully saturated rings. The Kier molecular flexibility index (Phi) is 2.78. The average molecular weight is 271 g/mol. The summed E-state index contributed by atoms with van der Waals surface area (Å²) >= 11 is 0. The van der Waals surface area contributed by atoms with Crippen LogP contribution in [0.1, 0.15) is 19.4 Å². The van der Waals surface area contributed by atoms with Crippen molar-refractivity contribution >= 4 is 22.8 Å². The normalized spacial score (nSPS) is 21.2. The summed E-state index contributed by atoms with van der Waals surface area (Å²) in [6.07, 6.45) is 1.36. The summed E-state index contributed by atoms with van der Waals surface area (Å²) in [6.45, 7) is 4.01. The van der Waals surface area contributed by atoms with Crippen LogP contribution in [0, 0.1) is 0 Å². The Bertz CT molecular complexity index is 700. The summed E-state index contributed by atoms with van der Waals surface area (Å²) < 4.78 is 5.64. The van der Waals surface area contributed by atoms with E-state index in [-0.39, 0.29) is 11.9 Å². The van der Waals surface area contributed by atoms with Crippen LogP contribution in [0.3, 0.4) is 0 Å². The van der Waals surface area contributed by atoms with Crippen molar-refractivity contribution in [2.75, 3.05) is 7.05 Å². The number of aromatic nitrogens is 1. The average Bonchev–Trinajstić information content (AvgIpc) is 3.02. The summed E-state index contributed by atoms with van der Waals surface area (Å²) in [4.78, 5) is 19.2. The van der Waals surface area contributed by atoms with Crippen molar-refractivity contribution in [1.29, 1.82) is 0 Å². The Balaban J connectivity index is 2.06. The predicted molar refractivity (Wildman–Crippen MR) is 77.7 cm³/mol. The standard InChI is InChI=1S/C15H17N3O2/c1-15(2,12-13(19)18-14(16-3)20-12)10-8-17-11-7-5-4-6-9(10)11/h4-8,12,17H,1-3H3,(H,16,18,19)/t12-/m1/s1. The maximum absolute atomic E-state index is 12.1. The van der Waals surface area contributed by atoms with Gasteiger partial charge in [-0.15, -0.1) is 0 Å². The molecule has 1 aliphatic heterocycles. The lowest BCUT2D eigenvalue weighted by Gasteiger charge is -2.28. The maximum atomic E-state index is 12.1. The molecule has 1 amide bonds. The number of rotatable bonds is 2. The minimum atomic E-state index is -0.583. The van der Waals surface area contributed by atoms with Gasteiger partial charge in [0, 0.05) is 29.6 Å². The van der Waals surface area contributed by atoms with E-state index in [2.05, 4.69) is 15.3 Å². The number of hydrogen-bond acceptors (Lipinski definition) is 3. The molecule has 2 heterocycles. The van der Waals surface area contributed by atoms with E-state index < -0.39 is 11.5 Å². The van der Waals surface area contributed by atoms with Crippen molar-refractivity contribution in [2.45, 2.75) is 25.4 Å². The predicted octanol–water partition coefficient (Wildman–Crippen LogP) is 1.95. The molecule has 1 aromatic heterocycles. The van der Waals surface area contributed by atoms with Gasteiger partial charge in [-0.25, -0.2) is 4.99 Å². The highest BCUT2D eigenvalue weighted by Gasteiger charge is 2.44. The Labute approximate surface area is 117 Å². The quantitative estimate of drug-likeness (QED) is 0.876. The fraction of sp³-hybridized carbons (Fsp3) is 0.333. The first-order chi connectivity index (χ1) is 9.54. The smallest absolute Gasteiger partial charge is 0.292 e. The van der Waals surface area contributed by atoms with Gasteiger partial charge in [0.15, 0.2) is 6.10 Å². The van der Waals surface area contributed by atoms with Gasteiger partial charge >= 0.3 is 0 Å². The van der Waals surface area contributed by atoms with E-state index in [4.69, 9.17) is 4.74 Å². The van der Waals surface area contributed by atoms with Gasteiger partial charge in [-0.2, -0.15) is 0 Å². The fourth-order valence-corrected chi connectivity index (χ4v) is 2.70. The Morgan fingerprint density at radius 3 is 2.75 bits per heavy atom. The molecule has 2 aromatic rings. The van der Waals surface area contributed by atoms with E-state index in [1.165, 1.54) is 0 Å². The highest BCUT2D eigenvalue weighted by atomic mass is 16.5. The topological polar surface area (TPSA) is 66.5 Å². The zero-order valence-corrected chi connectivity index (χ0v) is 11.7. The number of nitrogens with zero attached hydrogens (tertiary/aromatic N) is 1. The summed E-state index contributed by atoms with van der Waals surface area (Å²) in [5, 5.41) is 3.76. The molecule has 1 atom stereocenters. The molecule has 0 spiro atoms. The van der Waals surface area contributed by atoms with Crippen LogP contribution < -0.4 is 5.32 Å². The Morgan fingerprint density at radius 1 is 1.30 bits per heavy atom. The van der Waals surface area contributed by atoms with Gasteiger partial charge in [-0.3, -0.25) is 10.1 Å². The van der Waals surface area contributed by atoms with Crippen LogP contribution in [0.15, 0.2) is 35.5 Å². The van der Waals surface area contributed by atoms with Crippen molar-refractivity contribution in [3.8, 4) is 0 Å². The first-order valence-electron chi connectivity index (χ1n) is 6.55. The highest BCUT2D eigenvalue weighted by molar-refractivity contribution is 6.03. The molecule has 0 radical (unpaired) electrons. The number of carbonyl (C=O) groups is 1. The molecule has 1 aliphatic rings. The number of aliphatic imine (C=N–C) groups is 1. The van der Waals surface area contributed by atoms with Crippen LogP contribution >= 0.6 is 0 Å². The van der Waals surface area contributed by atoms with Crippen molar-refractivity contribution in [3.05, 3.63) is 36.0 Å². The zero-order chi connectivity index (χ0) is 14.3. The Morgan fingerprint density at radius 2 is 2.05 bits per heavy atom. The van der Waals surface area contributed by atoms with Crippen molar-refractivity contribution in [1.82, 2.24) is 10.3 Å². The third-order valence-corrected chi connectivity index (χ3v) is 3.84. The number of para-hydroxylation sites is 1. The van der Waals surface area contributed by atoms with Gasteiger partial charge < -0.3 is 9.72 Å². The van der Waals surface area contributed by atoms with Gasteiger partial charge in [0.2, 0.25) is 0 Å². The monoisotopic (exact) mass is 271 g/mol. The second-order valence-electron chi connectivity index (χ2n) is 5.49. The van der Waals surface area contributed by atoms with Crippen molar-refractivity contribution in [2.24, 2.45) is 4.99 Å². The van der Waals surface area contributed by atoms with Crippen LogP contribution in [0.4, 0.5) is 0 Å². The minimum Gasteiger partial charge on any atom is -0.451 e. The summed E-state index contributed by atoms with van der Waals surface area (Å²) in [5.41, 5.74) is 1.65. The molecule has 0 saturated carbocycles. The minimum absolute atomic E-state index is 0.152. The lowest BCUT2D eigenvalue weighted by atomic mass is 9.79. The Hall–Kier alpha value is -2.30. The highest BCUT2D eigenvalue weighted by Crippen LogP contribution is 2.35. The number of aromatic amines is 1. The van der Waals surface area contributed by atoms with Gasteiger partial charge in [0.25, 0.3) is 11.9 Å². The maximum Gasteiger partial charge on any atom is 0.292 e. The lowest BCUT2D eigenvalue weighted by molar-refractivity contribution is -0.125. The molecule has 5 heteroatoms. The first kappa shape index (κ1) is 12.7. The number of amides is 1. The van der Waals surface area contributed by atoms with Crippen molar-refractivity contribution in [3.63, 3.8) is 0 Å². The number of H-pyrrole nitrogens is 1. The van der Waals surface area contributed by atoms with E-state index in [1.54, 1.807) is 7.05 Å². The molecule has 0 aliphatic carbocycles. The van der Waals surface area contributed by atoms with Gasteiger partial charge in [0.1, 0.15) is 0 Å². The van der Waals surface area contributed by atoms with Gasteiger partial charge in [-0.1, -0.05) is 32.0 Å². The SMILES string of the molecule is CN=C1NC(=O)[C@H](C(C)(C)c2c[nH]c3ccccc23)O1. The van der Waals surface area contributed by atoms with E-state index >= 15 is 0 Å². The molecule has 1 saturated heterocycles. The third-order valence-electron chi connectivity index (χ3n) is 3.84. The lowest BCUT2D eigenvalue weighted by Crippen LogP contribution is -2.40. The molecule has 2 N–H and O–H groups in total. The number of fused-ring (bicyclic) bond motifs is 1.